The third kappa shape index (κ3) is 2.77. The molecule has 2 aliphatic carbocycles. The zero-order valence-electron chi connectivity index (χ0n) is 14.0. The largest absolute Gasteiger partial charge is 0.388 e. The molecule has 1 N–H and O–H groups in total. The summed E-state index contributed by atoms with van der Waals surface area (Å²) in [6, 6.07) is 6.77. The molecule has 0 aromatic heterocycles. The lowest BCUT2D eigenvalue weighted by atomic mass is 9.79. The highest BCUT2D eigenvalue weighted by atomic mass is 16.3. The van der Waals surface area contributed by atoms with Crippen LogP contribution in [0.3, 0.4) is 0 Å². The number of aliphatic hydroxyl groups is 1. The van der Waals surface area contributed by atoms with Crippen molar-refractivity contribution >= 4 is 0 Å². The van der Waals surface area contributed by atoms with Crippen LogP contribution in [0.2, 0.25) is 0 Å². The lowest BCUT2D eigenvalue weighted by molar-refractivity contribution is 0.0735. The second kappa shape index (κ2) is 5.76. The summed E-state index contributed by atoms with van der Waals surface area (Å²) in [5.74, 6) is 3.20. The van der Waals surface area contributed by atoms with Gasteiger partial charge in [-0.25, -0.2) is 0 Å². The van der Waals surface area contributed by atoms with Gasteiger partial charge >= 0.3 is 0 Å². The Morgan fingerprint density at radius 2 is 1.71 bits per heavy atom. The van der Waals surface area contributed by atoms with E-state index in [1.54, 1.807) is 0 Å². The van der Waals surface area contributed by atoms with Gasteiger partial charge in [0, 0.05) is 0 Å². The monoisotopic (exact) mass is 286 g/mol. The molecule has 3 rings (SSSR count). The minimum atomic E-state index is -0.251. The molecule has 2 saturated carbocycles. The van der Waals surface area contributed by atoms with Crippen molar-refractivity contribution in [3.63, 3.8) is 0 Å². The lowest BCUT2D eigenvalue weighted by Crippen LogP contribution is -2.20. The van der Waals surface area contributed by atoms with Crippen molar-refractivity contribution in [2.75, 3.05) is 0 Å². The fraction of sp³-hybridized carbons (Fsp3) is 0.700. The summed E-state index contributed by atoms with van der Waals surface area (Å²) in [6.45, 7) is 8.98. The Bertz CT molecular complexity index is 503. The smallest absolute Gasteiger partial charge is 0.0823 e. The van der Waals surface area contributed by atoms with Gasteiger partial charge in [-0.15, -0.1) is 0 Å². The van der Waals surface area contributed by atoms with Crippen LogP contribution in [-0.2, 0) is 0 Å². The Hall–Kier alpha value is -0.820. The maximum Gasteiger partial charge on any atom is 0.0823 e. The van der Waals surface area contributed by atoms with Crippen LogP contribution in [-0.4, -0.2) is 5.11 Å². The predicted molar refractivity (Wildman–Crippen MR) is 88.5 cm³/mol. The van der Waals surface area contributed by atoms with Gasteiger partial charge in [-0.05, 0) is 65.5 Å². The maximum absolute atomic E-state index is 11.0. The highest BCUT2D eigenvalue weighted by molar-refractivity contribution is 5.37. The second-order valence-electron chi connectivity index (χ2n) is 7.98. The molecule has 2 aliphatic rings. The number of aliphatic hydroxyl groups excluding tert-OH is 1. The predicted octanol–water partition coefficient (Wildman–Crippen LogP) is 5.40. The van der Waals surface area contributed by atoms with Gasteiger partial charge in [0.25, 0.3) is 0 Å². The molecule has 0 saturated heterocycles. The van der Waals surface area contributed by atoms with Crippen LogP contribution in [0.15, 0.2) is 18.2 Å². The fourth-order valence-electron chi connectivity index (χ4n) is 4.63. The third-order valence-electron chi connectivity index (χ3n) is 5.92. The van der Waals surface area contributed by atoms with Gasteiger partial charge in [0.05, 0.1) is 6.10 Å². The summed E-state index contributed by atoms with van der Waals surface area (Å²) in [7, 11) is 0. The van der Waals surface area contributed by atoms with Gasteiger partial charge in [0.15, 0.2) is 0 Å². The summed E-state index contributed by atoms with van der Waals surface area (Å²) in [5, 5.41) is 11.0. The molecule has 0 radical (unpaired) electrons. The molecule has 2 bridgehead atoms. The van der Waals surface area contributed by atoms with Crippen molar-refractivity contribution in [1.29, 1.82) is 0 Å². The maximum atomic E-state index is 11.0. The summed E-state index contributed by atoms with van der Waals surface area (Å²) < 4.78 is 0. The Morgan fingerprint density at radius 1 is 0.952 bits per heavy atom. The summed E-state index contributed by atoms with van der Waals surface area (Å²) in [4.78, 5) is 0. The molecule has 0 spiro atoms. The van der Waals surface area contributed by atoms with E-state index in [9.17, 15) is 5.11 Å². The molecular formula is C20H30O. The van der Waals surface area contributed by atoms with Crippen molar-refractivity contribution < 1.29 is 5.11 Å². The first-order valence-electron chi connectivity index (χ1n) is 8.79. The molecule has 1 nitrogen and oxygen atoms in total. The molecule has 116 valence electrons. The quantitative estimate of drug-likeness (QED) is 0.785. The van der Waals surface area contributed by atoms with Gasteiger partial charge in [-0.3, -0.25) is 0 Å². The van der Waals surface area contributed by atoms with Crippen molar-refractivity contribution in [2.24, 2.45) is 17.8 Å². The SMILES string of the molecule is CC(C)c1ccc(C(O)C2CC3CCC2C3)c(C(C)C)c1. The van der Waals surface area contributed by atoms with E-state index in [0.29, 0.717) is 17.8 Å². The molecule has 21 heavy (non-hydrogen) atoms. The van der Waals surface area contributed by atoms with Crippen molar-refractivity contribution in [3.8, 4) is 0 Å². The van der Waals surface area contributed by atoms with Crippen LogP contribution in [0.4, 0.5) is 0 Å². The summed E-state index contributed by atoms with van der Waals surface area (Å²) >= 11 is 0. The molecule has 1 aromatic rings. The Balaban J connectivity index is 1.90. The number of rotatable bonds is 4. The van der Waals surface area contributed by atoms with Crippen LogP contribution in [0, 0.1) is 17.8 Å². The van der Waals surface area contributed by atoms with Crippen molar-refractivity contribution in [3.05, 3.63) is 34.9 Å². The first-order chi connectivity index (χ1) is 9.97. The van der Waals surface area contributed by atoms with E-state index in [1.807, 2.05) is 0 Å². The molecule has 1 heteroatoms. The van der Waals surface area contributed by atoms with E-state index >= 15 is 0 Å². The lowest BCUT2D eigenvalue weighted by Gasteiger charge is -2.29. The van der Waals surface area contributed by atoms with Gasteiger partial charge < -0.3 is 5.11 Å². The number of fused-ring (bicyclic) bond motifs is 2. The Morgan fingerprint density at radius 3 is 2.24 bits per heavy atom. The van der Waals surface area contributed by atoms with Crippen LogP contribution in [0.5, 0.6) is 0 Å². The first-order valence-corrected chi connectivity index (χ1v) is 8.79. The fourth-order valence-corrected chi connectivity index (χ4v) is 4.63. The molecule has 0 amide bonds. The molecule has 0 heterocycles. The minimum absolute atomic E-state index is 0.251. The van der Waals surface area contributed by atoms with E-state index in [-0.39, 0.29) is 6.10 Å². The molecule has 4 unspecified atom stereocenters. The Kier molecular flexibility index (Phi) is 4.14. The van der Waals surface area contributed by atoms with E-state index in [0.717, 1.165) is 11.8 Å². The van der Waals surface area contributed by atoms with Crippen LogP contribution in [0.1, 0.15) is 88.0 Å². The molecule has 1 aromatic carbocycles. The molecular weight excluding hydrogens is 256 g/mol. The normalized spacial score (nSPS) is 29.6. The van der Waals surface area contributed by atoms with Crippen LogP contribution in [0.25, 0.3) is 0 Å². The highest BCUT2D eigenvalue weighted by Gasteiger charge is 2.43. The minimum Gasteiger partial charge on any atom is -0.388 e. The van der Waals surface area contributed by atoms with Crippen LogP contribution >= 0.6 is 0 Å². The average Bonchev–Trinajstić information content (AvgIpc) is 3.08. The van der Waals surface area contributed by atoms with Gasteiger partial charge in [-0.2, -0.15) is 0 Å². The van der Waals surface area contributed by atoms with E-state index in [2.05, 4.69) is 45.9 Å². The van der Waals surface area contributed by atoms with E-state index < -0.39 is 0 Å². The zero-order chi connectivity index (χ0) is 15.1. The van der Waals surface area contributed by atoms with Gasteiger partial charge in [0.1, 0.15) is 0 Å². The Labute approximate surface area is 129 Å². The van der Waals surface area contributed by atoms with E-state index in [1.165, 1.54) is 42.4 Å². The van der Waals surface area contributed by atoms with Gasteiger partial charge in [0.2, 0.25) is 0 Å². The summed E-state index contributed by atoms with van der Waals surface area (Å²) in [5.41, 5.74) is 3.95. The standard InChI is InChI=1S/C20H30O/c1-12(2)15-7-8-17(18(11-15)13(3)4)20(21)19-10-14-5-6-16(19)9-14/h7-8,11-14,16,19-21H,5-6,9-10H2,1-4H3. The number of hydrogen-bond acceptors (Lipinski definition) is 1. The molecule has 4 atom stereocenters. The van der Waals surface area contributed by atoms with Crippen molar-refractivity contribution in [2.45, 2.75) is 71.3 Å². The zero-order valence-corrected chi connectivity index (χ0v) is 14.0. The molecule has 2 fully saturated rings. The highest BCUT2D eigenvalue weighted by Crippen LogP contribution is 2.53. The molecule has 0 aliphatic heterocycles. The second-order valence-corrected chi connectivity index (χ2v) is 7.98. The van der Waals surface area contributed by atoms with E-state index in [4.69, 9.17) is 0 Å². The summed E-state index contributed by atoms with van der Waals surface area (Å²) in [6.07, 6.45) is 5.10. The van der Waals surface area contributed by atoms with Crippen LogP contribution < -0.4 is 0 Å². The number of benzene rings is 1. The third-order valence-corrected chi connectivity index (χ3v) is 5.92. The topological polar surface area (TPSA) is 20.2 Å². The first kappa shape index (κ1) is 15.1. The number of hydrogen-bond donors (Lipinski definition) is 1. The van der Waals surface area contributed by atoms with Crippen molar-refractivity contribution in [1.82, 2.24) is 0 Å². The average molecular weight is 286 g/mol. The van der Waals surface area contributed by atoms with Gasteiger partial charge in [-0.1, -0.05) is 52.3 Å².